The molecule has 2 aromatic carbocycles. The molecule has 0 radical (unpaired) electrons. The minimum atomic E-state index is -3.91. The minimum absolute atomic E-state index is 0.0197. The lowest BCUT2D eigenvalue weighted by Crippen LogP contribution is -2.43. The van der Waals surface area contributed by atoms with Gasteiger partial charge in [-0.05, 0) is 36.6 Å². The second kappa shape index (κ2) is 9.05. The fourth-order valence-electron chi connectivity index (χ4n) is 3.71. The van der Waals surface area contributed by atoms with Gasteiger partial charge in [-0.15, -0.1) is 0 Å². The number of piperidine rings is 1. The van der Waals surface area contributed by atoms with Gasteiger partial charge in [0.1, 0.15) is 16.5 Å². The number of amides is 2. The first kappa shape index (κ1) is 22.5. The molecule has 2 aliphatic rings. The highest BCUT2D eigenvalue weighted by Crippen LogP contribution is 2.37. The summed E-state index contributed by atoms with van der Waals surface area (Å²) in [6, 6.07) is 8.53. The van der Waals surface area contributed by atoms with Crippen LogP contribution in [0.2, 0.25) is 5.02 Å². The van der Waals surface area contributed by atoms with Gasteiger partial charge in [0.05, 0.1) is 10.7 Å². The summed E-state index contributed by atoms with van der Waals surface area (Å²) >= 11 is 6.20. The molecule has 170 valence electrons. The van der Waals surface area contributed by atoms with Crippen molar-refractivity contribution < 1.29 is 27.1 Å². The zero-order chi connectivity index (χ0) is 22.9. The van der Waals surface area contributed by atoms with Gasteiger partial charge >= 0.3 is 0 Å². The number of benzene rings is 2. The summed E-state index contributed by atoms with van der Waals surface area (Å²) in [5, 5.41) is 5.38. The standard InChI is InChI=1S/C21H21ClFN3O5S/c22-16-9-17-18(31-12-20(27)25-17)10-19(16)32(29,30)26-7-5-14(6-8-26)21(28)24-11-13-1-3-15(23)4-2-13/h1-4,9-10,14H,5-8,11-12H2,(H,24,28)(H,25,27). The molecule has 11 heteroatoms. The van der Waals surface area contributed by atoms with Crippen LogP contribution >= 0.6 is 11.6 Å². The molecule has 0 unspecified atom stereocenters. The van der Waals surface area contributed by atoms with Crippen LogP contribution in [-0.2, 0) is 26.2 Å². The minimum Gasteiger partial charge on any atom is -0.482 e. The molecule has 2 heterocycles. The molecule has 0 atom stereocenters. The predicted molar refractivity (Wildman–Crippen MR) is 115 cm³/mol. The topological polar surface area (TPSA) is 105 Å². The van der Waals surface area contributed by atoms with Crippen LogP contribution in [0.4, 0.5) is 10.1 Å². The average molecular weight is 482 g/mol. The summed E-state index contributed by atoms with van der Waals surface area (Å²) in [6.07, 6.45) is 0.729. The van der Waals surface area contributed by atoms with Gasteiger partial charge < -0.3 is 15.4 Å². The fraction of sp³-hybridized carbons (Fsp3) is 0.333. The number of nitrogens with one attached hydrogen (secondary N) is 2. The number of sulfonamides is 1. The lowest BCUT2D eigenvalue weighted by atomic mass is 9.97. The van der Waals surface area contributed by atoms with Gasteiger partial charge in [0.25, 0.3) is 5.91 Å². The molecule has 2 amide bonds. The zero-order valence-corrected chi connectivity index (χ0v) is 18.5. The van der Waals surface area contributed by atoms with Gasteiger partial charge in [-0.25, -0.2) is 12.8 Å². The van der Waals surface area contributed by atoms with E-state index in [0.29, 0.717) is 18.5 Å². The smallest absolute Gasteiger partial charge is 0.262 e. The number of fused-ring (bicyclic) bond motifs is 1. The number of halogens is 2. The van der Waals surface area contributed by atoms with Gasteiger partial charge in [0, 0.05) is 31.6 Å². The summed E-state index contributed by atoms with van der Waals surface area (Å²) in [6.45, 7) is 0.412. The average Bonchev–Trinajstić information content (AvgIpc) is 2.78. The summed E-state index contributed by atoms with van der Waals surface area (Å²) in [7, 11) is -3.91. The highest BCUT2D eigenvalue weighted by molar-refractivity contribution is 7.89. The van der Waals surface area contributed by atoms with E-state index >= 15 is 0 Å². The van der Waals surface area contributed by atoms with Gasteiger partial charge in [0.15, 0.2) is 6.61 Å². The van der Waals surface area contributed by atoms with Crippen LogP contribution in [0.5, 0.6) is 5.75 Å². The quantitative estimate of drug-likeness (QED) is 0.682. The molecule has 1 fully saturated rings. The monoisotopic (exact) mass is 481 g/mol. The molecule has 0 aliphatic carbocycles. The van der Waals surface area contributed by atoms with Gasteiger partial charge in [0.2, 0.25) is 15.9 Å². The highest BCUT2D eigenvalue weighted by Gasteiger charge is 2.34. The van der Waals surface area contributed by atoms with Crippen LogP contribution in [0.15, 0.2) is 41.3 Å². The summed E-state index contributed by atoms with van der Waals surface area (Å²) in [5.41, 5.74) is 1.10. The van der Waals surface area contributed by atoms with Gasteiger partial charge in [-0.1, -0.05) is 23.7 Å². The normalized spacial score (nSPS) is 17.2. The Morgan fingerprint density at radius 3 is 2.59 bits per heavy atom. The highest BCUT2D eigenvalue weighted by atomic mass is 35.5. The summed E-state index contributed by atoms with van der Waals surface area (Å²) < 4.78 is 45.9. The van der Waals surface area contributed by atoms with Crippen molar-refractivity contribution in [2.24, 2.45) is 5.92 Å². The Kier molecular flexibility index (Phi) is 6.36. The third-order valence-corrected chi connectivity index (χ3v) is 7.85. The molecule has 2 N–H and O–H groups in total. The molecular formula is C21H21ClFN3O5S. The number of carbonyl (C=O) groups excluding carboxylic acids is 2. The third-order valence-electron chi connectivity index (χ3n) is 5.49. The molecule has 0 spiro atoms. The Hall–Kier alpha value is -2.69. The number of anilines is 1. The van der Waals surface area contributed by atoms with Crippen LogP contribution in [0.25, 0.3) is 0 Å². The van der Waals surface area contributed by atoms with Crippen molar-refractivity contribution in [3.8, 4) is 5.75 Å². The lowest BCUT2D eigenvalue weighted by molar-refractivity contribution is -0.126. The second-order valence-corrected chi connectivity index (χ2v) is 9.95. The maximum Gasteiger partial charge on any atom is 0.262 e. The van der Waals surface area contributed by atoms with Crippen LogP contribution in [0, 0.1) is 11.7 Å². The van der Waals surface area contributed by atoms with Crippen LogP contribution in [-0.4, -0.2) is 44.2 Å². The van der Waals surface area contributed by atoms with E-state index in [1.165, 1.54) is 28.6 Å². The van der Waals surface area contributed by atoms with Crippen molar-refractivity contribution in [2.75, 3.05) is 25.0 Å². The molecule has 1 saturated heterocycles. The maximum absolute atomic E-state index is 13.1. The Morgan fingerprint density at radius 1 is 1.22 bits per heavy atom. The van der Waals surface area contributed by atoms with E-state index in [1.807, 2.05) is 0 Å². The van der Waals surface area contributed by atoms with Crippen LogP contribution < -0.4 is 15.4 Å². The first-order valence-electron chi connectivity index (χ1n) is 10.0. The molecular weight excluding hydrogens is 461 g/mol. The van der Waals surface area contributed by atoms with E-state index in [1.54, 1.807) is 12.1 Å². The SMILES string of the molecule is O=C1COc2cc(S(=O)(=O)N3CCC(C(=O)NCc4ccc(F)cc4)CC3)c(Cl)cc2N1. The molecule has 0 aromatic heterocycles. The summed E-state index contributed by atoms with van der Waals surface area (Å²) in [5.74, 6) is -0.933. The molecule has 32 heavy (non-hydrogen) atoms. The third kappa shape index (κ3) is 4.72. The van der Waals surface area contributed by atoms with Crippen molar-refractivity contribution >= 4 is 39.1 Å². The van der Waals surface area contributed by atoms with Crippen LogP contribution in [0.3, 0.4) is 0 Å². The van der Waals surface area contributed by atoms with Crippen molar-refractivity contribution in [1.29, 1.82) is 0 Å². The van der Waals surface area contributed by atoms with Crippen LogP contribution in [0.1, 0.15) is 18.4 Å². The van der Waals surface area contributed by atoms with Gasteiger partial charge in [-0.3, -0.25) is 9.59 Å². The van der Waals surface area contributed by atoms with Crippen molar-refractivity contribution in [1.82, 2.24) is 9.62 Å². The van der Waals surface area contributed by atoms with Crippen molar-refractivity contribution in [3.63, 3.8) is 0 Å². The molecule has 0 bridgehead atoms. The van der Waals surface area contributed by atoms with E-state index in [0.717, 1.165) is 5.56 Å². The van der Waals surface area contributed by atoms with E-state index in [-0.39, 0.29) is 65.5 Å². The van der Waals surface area contributed by atoms with E-state index in [4.69, 9.17) is 16.3 Å². The first-order chi connectivity index (χ1) is 15.2. The van der Waals surface area contributed by atoms with E-state index in [9.17, 15) is 22.4 Å². The summed E-state index contributed by atoms with van der Waals surface area (Å²) in [4.78, 5) is 23.8. The largest absolute Gasteiger partial charge is 0.482 e. The number of hydrogen-bond acceptors (Lipinski definition) is 5. The van der Waals surface area contributed by atoms with Gasteiger partial charge in [-0.2, -0.15) is 4.31 Å². The van der Waals surface area contributed by atoms with E-state index in [2.05, 4.69) is 10.6 Å². The lowest BCUT2D eigenvalue weighted by Gasteiger charge is -2.31. The van der Waals surface area contributed by atoms with E-state index < -0.39 is 10.0 Å². The Bertz CT molecular complexity index is 1150. The van der Waals surface area contributed by atoms with Crippen molar-refractivity contribution in [3.05, 3.63) is 52.8 Å². The van der Waals surface area contributed by atoms with Crippen molar-refractivity contribution in [2.45, 2.75) is 24.3 Å². The fourth-order valence-corrected chi connectivity index (χ4v) is 5.70. The number of ether oxygens (including phenoxy) is 1. The predicted octanol–water partition coefficient (Wildman–Crippen LogP) is 2.53. The first-order valence-corrected chi connectivity index (χ1v) is 11.8. The number of hydrogen-bond donors (Lipinski definition) is 2. The molecule has 2 aromatic rings. The molecule has 8 nitrogen and oxygen atoms in total. The molecule has 2 aliphatic heterocycles. The molecule has 0 saturated carbocycles. The number of carbonyl (C=O) groups is 2. The number of nitrogens with zero attached hydrogens (tertiary/aromatic N) is 1. The zero-order valence-electron chi connectivity index (χ0n) is 16.9. The number of rotatable bonds is 5. The Labute approximate surface area is 189 Å². The maximum atomic E-state index is 13.1. The second-order valence-electron chi connectivity index (χ2n) is 7.64. The molecule has 4 rings (SSSR count). The Balaban J connectivity index is 1.38. The Morgan fingerprint density at radius 2 is 1.91 bits per heavy atom.